The highest BCUT2D eigenvalue weighted by molar-refractivity contribution is 7.89. The minimum Gasteiger partial charge on any atom is -0.389 e. The SMILES string of the molecule is COCC(C)(C)NS(=O)(=O)c1cccc(C(N)=S)c1. The molecule has 0 bridgehead atoms. The Labute approximate surface area is 119 Å². The van der Waals surface area contributed by atoms with Crippen molar-refractivity contribution in [1.29, 1.82) is 0 Å². The molecule has 0 aliphatic heterocycles. The lowest BCUT2D eigenvalue weighted by Gasteiger charge is -2.25. The molecule has 0 spiro atoms. The first-order valence-electron chi connectivity index (χ1n) is 5.61. The third kappa shape index (κ3) is 4.54. The van der Waals surface area contributed by atoms with Crippen molar-refractivity contribution in [2.24, 2.45) is 5.73 Å². The molecule has 0 unspecified atom stereocenters. The molecule has 19 heavy (non-hydrogen) atoms. The molecular weight excluding hydrogens is 284 g/mol. The molecule has 0 fully saturated rings. The molecule has 0 atom stereocenters. The summed E-state index contributed by atoms with van der Waals surface area (Å²) >= 11 is 4.84. The number of benzene rings is 1. The second-order valence-electron chi connectivity index (χ2n) is 4.81. The molecule has 0 heterocycles. The van der Waals surface area contributed by atoms with E-state index in [0.29, 0.717) is 5.56 Å². The van der Waals surface area contributed by atoms with Gasteiger partial charge < -0.3 is 10.5 Å². The predicted molar refractivity (Wildman–Crippen MR) is 78.6 cm³/mol. The fourth-order valence-electron chi connectivity index (χ4n) is 1.63. The van der Waals surface area contributed by atoms with E-state index in [2.05, 4.69) is 4.72 Å². The third-order valence-corrected chi connectivity index (χ3v) is 4.28. The van der Waals surface area contributed by atoms with Crippen LogP contribution in [0, 0.1) is 0 Å². The van der Waals surface area contributed by atoms with E-state index in [1.165, 1.54) is 19.2 Å². The zero-order valence-electron chi connectivity index (χ0n) is 11.1. The molecule has 1 aromatic carbocycles. The number of rotatable bonds is 6. The summed E-state index contributed by atoms with van der Waals surface area (Å²) < 4.78 is 32.1. The number of methoxy groups -OCH3 is 1. The molecular formula is C12H18N2O3S2. The zero-order chi connectivity index (χ0) is 14.7. The fraction of sp³-hybridized carbons (Fsp3) is 0.417. The average molecular weight is 302 g/mol. The molecule has 7 heteroatoms. The number of sulfonamides is 1. The highest BCUT2D eigenvalue weighted by Crippen LogP contribution is 2.15. The second-order valence-corrected chi connectivity index (χ2v) is 6.94. The van der Waals surface area contributed by atoms with Gasteiger partial charge in [-0.1, -0.05) is 24.4 Å². The van der Waals surface area contributed by atoms with Gasteiger partial charge in [0, 0.05) is 12.7 Å². The van der Waals surface area contributed by atoms with Gasteiger partial charge in [-0.25, -0.2) is 13.1 Å². The Hall–Kier alpha value is -1.02. The first kappa shape index (κ1) is 16.0. The Morgan fingerprint density at radius 1 is 1.47 bits per heavy atom. The van der Waals surface area contributed by atoms with Gasteiger partial charge in [-0.3, -0.25) is 0 Å². The van der Waals surface area contributed by atoms with Crippen LogP contribution in [0.2, 0.25) is 0 Å². The first-order chi connectivity index (χ1) is 8.68. The number of nitrogens with one attached hydrogen (secondary N) is 1. The van der Waals surface area contributed by atoms with Gasteiger partial charge in [-0.15, -0.1) is 0 Å². The summed E-state index contributed by atoms with van der Waals surface area (Å²) in [5.41, 5.74) is 5.31. The summed E-state index contributed by atoms with van der Waals surface area (Å²) in [6.07, 6.45) is 0. The maximum atomic E-state index is 12.2. The van der Waals surface area contributed by atoms with Crippen molar-refractivity contribution in [1.82, 2.24) is 4.72 Å². The van der Waals surface area contributed by atoms with E-state index in [1.807, 2.05) is 0 Å². The Bertz CT molecular complexity index is 568. The van der Waals surface area contributed by atoms with Gasteiger partial charge in [0.1, 0.15) is 4.99 Å². The van der Waals surface area contributed by atoms with Gasteiger partial charge in [0.2, 0.25) is 10.0 Å². The van der Waals surface area contributed by atoms with Gasteiger partial charge in [-0.05, 0) is 26.0 Å². The van der Waals surface area contributed by atoms with Crippen molar-refractivity contribution in [3.05, 3.63) is 29.8 Å². The lowest BCUT2D eigenvalue weighted by molar-refractivity contribution is 0.141. The van der Waals surface area contributed by atoms with Crippen molar-refractivity contribution < 1.29 is 13.2 Å². The smallest absolute Gasteiger partial charge is 0.241 e. The van der Waals surface area contributed by atoms with E-state index in [9.17, 15) is 8.42 Å². The molecule has 0 amide bonds. The van der Waals surface area contributed by atoms with Crippen molar-refractivity contribution in [2.45, 2.75) is 24.3 Å². The third-order valence-electron chi connectivity index (χ3n) is 2.34. The van der Waals surface area contributed by atoms with Crippen molar-refractivity contribution in [3.8, 4) is 0 Å². The van der Waals surface area contributed by atoms with Crippen LogP contribution in [-0.2, 0) is 14.8 Å². The Morgan fingerprint density at radius 2 is 2.11 bits per heavy atom. The van der Waals surface area contributed by atoms with Crippen LogP contribution in [0.15, 0.2) is 29.2 Å². The lowest BCUT2D eigenvalue weighted by atomic mass is 10.1. The Kier molecular flexibility index (Phi) is 5.03. The van der Waals surface area contributed by atoms with Crippen molar-refractivity contribution in [2.75, 3.05) is 13.7 Å². The predicted octanol–water partition coefficient (Wildman–Crippen LogP) is 1.02. The summed E-state index contributed by atoms with van der Waals surface area (Å²) in [6, 6.07) is 6.22. The standard InChI is InChI=1S/C12H18N2O3S2/c1-12(2,8-17-3)14-19(15,16)10-6-4-5-9(7-10)11(13)18/h4-7,14H,8H2,1-3H3,(H2,13,18). The van der Waals surface area contributed by atoms with Crippen LogP contribution in [0.3, 0.4) is 0 Å². The highest BCUT2D eigenvalue weighted by atomic mass is 32.2. The summed E-state index contributed by atoms with van der Waals surface area (Å²) in [4.78, 5) is 0.287. The highest BCUT2D eigenvalue weighted by Gasteiger charge is 2.26. The van der Waals surface area contributed by atoms with Gasteiger partial charge in [0.25, 0.3) is 0 Å². The number of hydrogen-bond donors (Lipinski definition) is 2. The zero-order valence-corrected chi connectivity index (χ0v) is 12.8. The van der Waals surface area contributed by atoms with Crippen LogP contribution in [0.4, 0.5) is 0 Å². The summed E-state index contributed by atoms with van der Waals surface area (Å²) in [6.45, 7) is 3.75. The van der Waals surface area contributed by atoms with E-state index >= 15 is 0 Å². The normalized spacial score (nSPS) is 12.4. The van der Waals surface area contributed by atoms with Crippen LogP contribution >= 0.6 is 12.2 Å². The van der Waals surface area contributed by atoms with Gasteiger partial charge in [0.15, 0.2) is 0 Å². The maximum Gasteiger partial charge on any atom is 0.241 e. The molecule has 3 N–H and O–H groups in total. The maximum absolute atomic E-state index is 12.2. The van der Waals surface area contributed by atoms with E-state index in [4.69, 9.17) is 22.7 Å². The molecule has 0 aliphatic rings. The Balaban J connectivity index is 3.07. The molecule has 5 nitrogen and oxygen atoms in total. The fourth-order valence-corrected chi connectivity index (χ4v) is 3.20. The number of thiocarbonyl (C=S) groups is 1. The van der Waals surface area contributed by atoms with Crippen LogP contribution in [-0.4, -0.2) is 32.7 Å². The lowest BCUT2D eigenvalue weighted by Crippen LogP contribution is -2.46. The van der Waals surface area contributed by atoms with Crippen LogP contribution in [0.5, 0.6) is 0 Å². The molecule has 0 aromatic heterocycles. The first-order valence-corrected chi connectivity index (χ1v) is 7.50. The van der Waals surface area contributed by atoms with E-state index in [1.54, 1.807) is 26.0 Å². The summed E-state index contributed by atoms with van der Waals surface area (Å²) in [5, 5.41) is 0. The largest absolute Gasteiger partial charge is 0.389 e. The van der Waals surface area contributed by atoms with E-state index in [0.717, 1.165) is 0 Å². The minimum atomic E-state index is -3.64. The molecule has 0 radical (unpaired) electrons. The van der Waals surface area contributed by atoms with Gasteiger partial charge in [0.05, 0.1) is 17.0 Å². The molecule has 0 saturated heterocycles. The van der Waals surface area contributed by atoms with Gasteiger partial charge >= 0.3 is 0 Å². The molecule has 106 valence electrons. The average Bonchev–Trinajstić information content (AvgIpc) is 2.27. The second kappa shape index (κ2) is 5.96. The number of ether oxygens (including phenoxy) is 1. The molecule has 0 saturated carbocycles. The van der Waals surface area contributed by atoms with Gasteiger partial charge in [-0.2, -0.15) is 0 Å². The summed E-state index contributed by atoms with van der Waals surface area (Å²) in [7, 11) is -2.12. The Morgan fingerprint density at radius 3 is 2.63 bits per heavy atom. The summed E-state index contributed by atoms with van der Waals surface area (Å²) in [5.74, 6) is 0. The molecule has 1 rings (SSSR count). The number of hydrogen-bond acceptors (Lipinski definition) is 4. The van der Waals surface area contributed by atoms with Crippen molar-refractivity contribution >= 4 is 27.2 Å². The van der Waals surface area contributed by atoms with Crippen molar-refractivity contribution in [3.63, 3.8) is 0 Å². The molecule has 0 aliphatic carbocycles. The van der Waals surface area contributed by atoms with E-state index in [-0.39, 0.29) is 16.5 Å². The van der Waals surface area contributed by atoms with Crippen LogP contribution < -0.4 is 10.5 Å². The molecule has 1 aromatic rings. The monoisotopic (exact) mass is 302 g/mol. The van der Waals surface area contributed by atoms with E-state index < -0.39 is 15.6 Å². The topological polar surface area (TPSA) is 81.4 Å². The van der Waals surface area contributed by atoms with Crippen LogP contribution in [0.25, 0.3) is 0 Å². The van der Waals surface area contributed by atoms with Crippen LogP contribution in [0.1, 0.15) is 19.4 Å². The minimum absolute atomic E-state index is 0.127. The number of nitrogens with two attached hydrogens (primary N) is 1. The quantitative estimate of drug-likeness (QED) is 0.767.